The number of aliphatic imine (C=N–C) groups is 1. The van der Waals surface area contributed by atoms with Crippen molar-refractivity contribution in [1.82, 2.24) is 15.5 Å². The Hall–Kier alpha value is -1.02. The Morgan fingerprint density at radius 2 is 1.92 bits per heavy atom. The quantitative estimate of drug-likeness (QED) is 0.329. The summed E-state index contributed by atoms with van der Waals surface area (Å²) >= 11 is 0. The molecule has 1 rings (SSSR count). The number of halogens is 3. The van der Waals surface area contributed by atoms with E-state index in [0.717, 1.165) is 26.2 Å². The minimum atomic E-state index is -4.14. The first kappa shape index (κ1) is 23.0. The van der Waals surface area contributed by atoms with E-state index in [1.165, 1.54) is 37.6 Å². The number of hydrogen-bond donors (Lipinski definition) is 2. The highest BCUT2D eigenvalue weighted by molar-refractivity contribution is 5.79. The maximum Gasteiger partial charge on any atom is 0.401 e. The lowest BCUT2D eigenvalue weighted by Crippen LogP contribution is -2.44. The molecule has 1 saturated carbocycles. The summed E-state index contributed by atoms with van der Waals surface area (Å²) < 4.78 is 42.4. The Kier molecular flexibility index (Phi) is 10.3. The molecule has 0 aromatic carbocycles. The summed E-state index contributed by atoms with van der Waals surface area (Å²) in [6.45, 7) is 4.51. The van der Waals surface area contributed by atoms with Gasteiger partial charge in [0.15, 0.2) is 5.96 Å². The molecular weight excluding hydrogens is 345 g/mol. The molecule has 0 spiro atoms. The highest BCUT2D eigenvalue weighted by Crippen LogP contribution is 2.40. The fourth-order valence-electron chi connectivity index (χ4n) is 3.51. The molecule has 1 aliphatic rings. The van der Waals surface area contributed by atoms with Gasteiger partial charge in [0.25, 0.3) is 0 Å². The first-order valence-corrected chi connectivity index (χ1v) is 9.58. The van der Waals surface area contributed by atoms with Gasteiger partial charge >= 0.3 is 6.18 Å². The second-order valence-corrected chi connectivity index (χ2v) is 7.21. The Balaban J connectivity index is 2.29. The fraction of sp³-hybridized carbons (Fsp3) is 0.944. The van der Waals surface area contributed by atoms with E-state index in [4.69, 9.17) is 4.74 Å². The molecule has 0 amide bonds. The topological polar surface area (TPSA) is 48.9 Å². The van der Waals surface area contributed by atoms with Gasteiger partial charge < -0.3 is 15.4 Å². The lowest BCUT2D eigenvalue weighted by atomic mass is 9.83. The van der Waals surface area contributed by atoms with Crippen LogP contribution >= 0.6 is 0 Å². The molecule has 26 heavy (non-hydrogen) atoms. The minimum absolute atomic E-state index is 0.264. The molecule has 0 atom stereocenters. The molecule has 8 heteroatoms. The molecule has 2 N–H and O–H groups in total. The average Bonchev–Trinajstić information content (AvgIpc) is 3.02. The summed E-state index contributed by atoms with van der Waals surface area (Å²) in [4.78, 5) is 5.51. The summed E-state index contributed by atoms with van der Waals surface area (Å²) in [6, 6.07) is 0. The molecule has 0 saturated heterocycles. The van der Waals surface area contributed by atoms with Gasteiger partial charge in [-0.15, -0.1) is 0 Å². The van der Waals surface area contributed by atoms with E-state index in [0.29, 0.717) is 25.5 Å². The van der Waals surface area contributed by atoms with Crippen LogP contribution in [0.1, 0.15) is 45.4 Å². The molecule has 1 aliphatic carbocycles. The van der Waals surface area contributed by atoms with E-state index in [1.807, 2.05) is 6.92 Å². The van der Waals surface area contributed by atoms with Crippen LogP contribution in [0.4, 0.5) is 13.2 Å². The molecule has 1 fully saturated rings. The summed E-state index contributed by atoms with van der Waals surface area (Å²) in [5.74, 6) is 0.714. The maximum absolute atomic E-state index is 12.3. The maximum atomic E-state index is 12.3. The SMILES string of the molecule is CCOCCC1(CNC(=NC)NCCCN(C)CC(F)(F)F)CCCC1. The number of hydrogen-bond acceptors (Lipinski definition) is 3. The monoisotopic (exact) mass is 380 g/mol. The van der Waals surface area contributed by atoms with Crippen molar-refractivity contribution >= 4 is 5.96 Å². The van der Waals surface area contributed by atoms with E-state index in [2.05, 4.69) is 15.6 Å². The predicted octanol–water partition coefficient (Wildman–Crippen LogP) is 3.02. The average molecular weight is 380 g/mol. The van der Waals surface area contributed by atoms with Gasteiger partial charge in [-0.3, -0.25) is 9.89 Å². The van der Waals surface area contributed by atoms with Crippen LogP contribution in [0, 0.1) is 5.41 Å². The molecule has 5 nitrogen and oxygen atoms in total. The van der Waals surface area contributed by atoms with Crippen molar-refractivity contribution in [2.45, 2.75) is 51.6 Å². The summed E-state index contributed by atoms with van der Waals surface area (Å²) in [5.41, 5.74) is 0.264. The number of nitrogens with zero attached hydrogens (tertiary/aromatic N) is 2. The Bertz CT molecular complexity index is 410. The number of alkyl halides is 3. The molecule has 0 bridgehead atoms. The fourth-order valence-corrected chi connectivity index (χ4v) is 3.51. The van der Waals surface area contributed by atoms with E-state index >= 15 is 0 Å². The lowest BCUT2D eigenvalue weighted by Gasteiger charge is -2.30. The van der Waals surface area contributed by atoms with Gasteiger partial charge in [-0.25, -0.2) is 0 Å². The van der Waals surface area contributed by atoms with Gasteiger partial charge in [0, 0.05) is 33.4 Å². The number of rotatable bonds is 11. The van der Waals surface area contributed by atoms with Gasteiger partial charge in [-0.1, -0.05) is 12.8 Å². The van der Waals surface area contributed by atoms with Crippen LogP contribution < -0.4 is 10.6 Å². The largest absolute Gasteiger partial charge is 0.401 e. The van der Waals surface area contributed by atoms with Crippen LogP contribution in [0.25, 0.3) is 0 Å². The highest BCUT2D eigenvalue weighted by Gasteiger charge is 2.33. The van der Waals surface area contributed by atoms with Crippen molar-refractivity contribution in [3.63, 3.8) is 0 Å². The molecular formula is C18H35F3N4O. The van der Waals surface area contributed by atoms with Gasteiger partial charge in [0.2, 0.25) is 0 Å². The molecule has 0 unspecified atom stereocenters. The van der Waals surface area contributed by atoms with Gasteiger partial charge in [-0.2, -0.15) is 13.2 Å². The van der Waals surface area contributed by atoms with Crippen LogP contribution in [0.2, 0.25) is 0 Å². The number of ether oxygens (including phenoxy) is 1. The van der Waals surface area contributed by atoms with Crippen LogP contribution in [-0.2, 0) is 4.74 Å². The van der Waals surface area contributed by atoms with Crippen molar-refractivity contribution < 1.29 is 17.9 Å². The van der Waals surface area contributed by atoms with Crippen LogP contribution in [0.5, 0.6) is 0 Å². The third-order valence-corrected chi connectivity index (χ3v) is 4.96. The van der Waals surface area contributed by atoms with Crippen LogP contribution in [-0.4, -0.2) is 70.5 Å². The molecule has 0 aliphatic heterocycles. The first-order valence-electron chi connectivity index (χ1n) is 9.58. The molecule has 0 aromatic rings. The Morgan fingerprint density at radius 3 is 2.50 bits per heavy atom. The van der Waals surface area contributed by atoms with Crippen molar-refractivity contribution in [2.75, 3.05) is 53.5 Å². The van der Waals surface area contributed by atoms with Crippen molar-refractivity contribution in [3.8, 4) is 0 Å². The Morgan fingerprint density at radius 1 is 1.23 bits per heavy atom. The van der Waals surface area contributed by atoms with E-state index in [1.54, 1.807) is 7.05 Å². The zero-order valence-electron chi connectivity index (χ0n) is 16.4. The third kappa shape index (κ3) is 9.62. The summed E-state index contributed by atoms with van der Waals surface area (Å²) in [7, 11) is 3.20. The zero-order chi connectivity index (χ0) is 19.5. The lowest BCUT2D eigenvalue weighted by molar-refractivity contribution is -0.143. The zero-order valence-corrected chi connectivity index (χ0v) is 16.4. The number of nitrogens with one attached hydrogen (secondary N) is 2. The smallest absolute Gasteiger partial charge is 0.382 e. The molecule has 0 radical (unpaired) electrons. The van der Waals surface area contributed by atoms with E-state index < -0.39 is 12.7 Å². The molecule has 154 valence electrons. The highest BCUT2D eigenvalue weighted by atomic mass is 19.4. The van der Waals surface area contributed by atoms with Gasteiger partial charge in [0.05, 0.1) is 6.54 Å². The van der Waals surface area contributed by atoms with Gasteiger partial charge in [-0.05, 0) is 51.6 Å². The summed E-state index contributed by atoms with van der Waals surface area (Å²) in [6.07, 6.45) is 2.45. The third-order valence-electron chi connectivity index (χ3n) is 4.96. The van der Waals surface area contributed by atoms with Crippen molar-refractivity contribution in [1.29, 1.82) is 0 Å². The molecule has 0 heterocycles. The first-order chi connectivity index (χ1) is 12.3. The van der Waals surface area contributed by atoms with Crippen molar-refractivity contribution in [3.05, 3.63) is 0 Å². The van der Waals surface area contributed by atoms with Crippen molar-refractivity contribution in [2.24, 2.45) is 10.4 Å². The predicted molar refractivity (Wildman–Crippen MR) is 99.5 cm³/mol. The molecule has 0 aromatic heterocycles. The van der Waals surface area contributed by atoms with Crippen LogP contribution in [0.3, 0.4) is 0 Å². The Labute approximate surface area is 155 Å². The second kappa shape index (κ2) is 11.6. The summed E-state index contributed by atoms with van der Waals surface area (Å²) in [5, 5.41) is 6.59. The van der Waals surface area contributed by atoms with E-state index in [9.17, 15) is 13.2 Å². The number of guanidine groups is 1. The second-order valence-electron chi connectivity index (χ2n) is 7.21. The standard InChI is InChI=1S/C18H35F3N4O/c1-4-26-13-10-17(8-5-6-9-17)14-24-16(22-2)23-11-7-12-25(3)15-18(19,20)21/h4-15H2,1-3H3,(H2,22,23,24). The minimum Gasteiger partial charge on any atom is -0.382 e. The normalized spacial score (nSPS) is 17.7. The van der Waals surface area contributed by atoms with Gasteiger partial charge in [0.1, 0.15) is 0 Å². The van der Waals surface area contributed by atoms with E-state index in [-0.39, 0.29) is 5.41 Å². The van der Waals surface area contributed by atoms with Crippen LogP contribution in [0.15, 0.2) is 4.99 Å².